The van der Waals surface area contributed by atoms with Crippen molar-refractivity contribution in [1.29, 1.82) is 5.53 Å². The van der Waals surface area contributed by atoms with E-state index in [0.717, 1.165) is 9.13 Å². The Labute approximate surface area is 203 Å². The Morgan fingerprint density at radius 3 is 2.55 bits per heavy atom. The van der Waals surface area contributed by atoms with Crippen LogP contribution in [-0.2, 0) is 26.2 Å². The second-order valence-electron chi connectivity index (χ2n) is 9.78. The Bertz CT molecular complexity index is 1200. The third-order valence-electron chi connectivity index (χ3n) is 6.86. The summed E-state index contributed by atoms with van der Waals surface area (Å²) in [6.45, 7) is 5.76. The van der Waals surface area contributed by atoms with Gasteiger partial charge in [-0.1, -0.05) is 32.1 Å². The number of aromatic hydroxyl groups is 1. The molecule has 10 heteroatoms. The van der Waals surface area contributed by atoms with Gasteiger partial charge in [-0.05, 0) is 64.8 Å². The van der Waals surface area contributed by atoms with Crippen LogP contribution in [0.4, 0.5) is 0 Å². The van der Waals surface area contributed by atoms with Crippen molar-refractivity contribution >= 4 is 45.8 Å². The van der Waals surface area contributed by atoms with E-state index < -0.39 is 51.7 Å². The van der Waals surface area contributed by atoms with Crippen molar-refractivity contribution < 1.29 is 29.7 Å². The molecule has 0 saturated heterocycles. The molecule has 3 atom stereocenters. The lowest BCUT2D eigenvalue weighted by molar-refractivity contribution is -0.157. The van der Waals surface area contributed by atoms with Gasteiger partial charge in [0.05, 0.1) is 11.1 Å². The van der Waals surface area contributed by atoms with E-state index in [4.69, 9.17) is 5.53 Å². The number of aliphatic hydroxyl groups excluding tert-OH is 1. The average molecular weight is 565 g/mol. The van der Waals surface area contributed by atoms with E-state index in [0.29, 0.717) is 12.0 Å². The molecule has 0 spiro atoms. The zero-order valence-corrected chi connectivity index (χ0v) is 20.5. The highest BCUT2D eigenvalue weighted by molar-refractivity contribution is 14.1. The first-order valence-electron chi connectivity index (χ1n) is 10.5. The fraction of sp³-hybridized carbons (Fsp3) is 0.435. The van der Waals surface area contributed by atoms with E-state index in [1.165, 1.54) is 6.08 Å². The van der Waals surface area contributed by atoms with Gasteiger partial charge in [0.25, 0.3) is 5.91 Å². The Hall–Kier alpha value is -2.60. The fourth-order valence-electron chi connectivity index (χ4n) is 5.20. The Balaban J connectivity index is 1.87. The molecule has 4 rings (SSSR count). The largest absolute Gasteiger partial charge is 0.507 e. The van der Waals surface area contributed by atoms with Gasteiger partial charge in [0, 0.05) is 20.6 Å². The molecule has 0 bridgehead atoms. The molecule has 1 aromatic rings. The lowest BCUT2D eigenvalue weighted by Gasteiger charge is -2.45. The number of phenols is 1. The minimum atomic E-state index is -2.51. The molecule has 1 saturated carbocycles. The zero-order valence-electron chi connectivity index (χ0n) is 18.3. The summed E-state index contributed by atoms with van der Waals surface area (Å²) in [5.41, 5.74) is 6.58. The molecular weight excluding hydrogens is 541 g/mol. The first-order valence-corrected chi connectivity index (χ1v) is 11.6. The van der Waals surface area contributed by atoms with Gasteiger partial charge in [0.1, 0.15) is 11.5 Å². The summed E-state index contributed by atoms with van der Waals surface area (Å²) < 4.78 is 0.849. The van der Waals surface area contributed by atoms with Gasteiger partial charge in [-0.25, -0.2) is 5.43 Å². The third kappa shape index (κ3) is 3.33. The molecule has 0 unspecified atom stereocenters. The number of hydrogen-bond donors (Lipinski definition) is 5. The van der Waals surface area contributed by atoms with Crippen molar-refractivity contribution in [2.24, 2.45) is 17.1 Å². The summed E-state index contributed by atoms with van der Waals surface area (Å²) >= 11 is 2.15. The summed E-state index contributed by atoms with van der Waals surface area (Å²) in [6.07, 6.45) is 2.08. The number of nitrogens with one attached hydrogen (secondary N) is 2. The number of nitrogens with zero attached hydrogens (tertiary/aromatic N) is 1. The van der Waals surface area contributed by atoms with Gasteiger partial charge < -0.3 is 15.3 Å². The maximum Gasteiger partial charge on any atom is 0.276 e. The van der Waals surface area contributed by atoms with Gasteiger partial charge in [-0.15, -0.1) is 0 Å². The number of Topliss-reactive ketones (excluding diaryl/α,β-unsaturated/α-hetero) is 2. The number of carbonyl (C=O) groups is 3. The zero-order chi connectivity index (χ0) is 24.5. The number of benzene rings is 1. The molecule has 0 heterocycles. The molecule has 0 radical (unpaired) electrons. The van der Waals surface area contributed by atoms with Crippen LogP contribution in [0, 0.1) is 20.9 Å². The molecule has 33 heavy (non-hydrogen) atoms. The first-order chi connectivity index (χ1) is 15.3. The van der Waals surface area contributed by atoms with Gasteiger partial charge in [0.15, 0.2) is 5.60 Å². The predicted molar refractivity (Wildman–Crippen MR) is 125 cm³/mol. The molecule has 3 aliphatic carbocycles. The predicted octanol–water partition coefficient (Wildman–Crippen LogP) is 3.02. The number of phenolic OH excluding ortho intramolecular Hbond substituents is 1. The van der Waals surface area contributed by atoms with Gasteiger partial charge >= 0.3 is 0 Å². The fourth-order valence-corrected chi connectivity index (χ4v) is 6.00. The van der Waals surface area contributed by atoms with E-state index in [-0.39, 0.29) is 29.7 Å². The highest BCUT2D eigenvalue weighted by atomic mass is 127. The van der Waals surface area contributed by atoms with E-state index in [1.54, 1.807) is 0 Å². The van der Waals surface area contributed by atoms with Crippen LogP contribution in [0.1, 0.15) is 50.3 Å². The lowest BCUT2D eigenvalue weighted by atomic mass is 9.59. The van der Waals surface area contributed by atoms with Crippen molar-refractivity contribution in [2.45, 2.75) is 51.0 Å². The molecule has 1 aromatic carbocycles. The van der Waals surface area contributed by atoms with Crippen LogP contribution in [0.2, 0.25) is 0 Å². The molecule has 0 aliphatic heterocycles. The van der Waals surface area contributed by atoms with Crippen LogP contribution >= 0.6 is 22.6 Å². The number of hydrogen-bond acceptors (Lipinski definition) is 8. The van der Waals surface area contributed by atoms with Gasteiger partial charge in [0.2, 0.25) is 11.6 Å². The summed E-state index contributed by atoms with van der Waals surface area (Å²) in [4.78, 5) is 38.8. The Morgan fingerprint density at radius 1 is 1.27 bits per heavy atom. The smallest absolute Gasteiger partial charge is 0.276 e. The minimum Gasteiger partial charge on any atom is -0.507 e. The van der Waals surface area contributed by atoms with Gasteiger partial charge in [-0.2, -0.15) is 5.53 Å². The summed E-state index contributed by atoms with van der Waals surface area (Å²) in [5, 5.41) is 36.3. The van der Waals surface area contributed by atoms with Crippen LogP contribution < -0.4 is 5.43 Å². The number of carbonyl (C=O) groups excluding carboxylic acids is 3. The van der Waals surface area contributed by atoms with Crippen molar-refractivity contribution in [2.75, 3.05) is 0 Å². The number of ketones is 2. The van der Waals surface area contributed by atoms with Crippen LogP contribution in [0.5, 0.6) is 5.75 Å². The molecule has 1 amide bonds. The molecular formula is C23H24IN3O6. The van der Waals surface area contributed by atoms with E-state index in [1.807, 2.05) is 32.3 Å². The Morgan fingerprint density at radius 2 is 1.94 bits per heavy atom. The summed E-state index contributed by atoms with van der Waals surface area (Å²) in [7, 11) is 0. The third-order valence-corrected chi connectivity index (χ3v) is 7.82. The van der Waals surface area contributed by atoms with Crippen molar-refractivity contribution in [1.82, 2.24) is 5.43 Å². The molecule has 5 N–H and O–H groups in total. The number of halogens is 1. The molecule has 174 valence electrons. The Kier molecular flexibility index (Phi) is 5.51. The SMILES string of the molecule is CC(C)(C)c1cc(I)c2c(c1O)C(O)=C1C(=O)[C@]3(O)C(=O)C(C(=O)NN=N)=CC[C@@H]3C[C@@H]1C2. The molecule has 3 aliphatic rings. The summed E-state index contributed by atoms with van der Waals surface area (Å²) in [6, 6.07) is 1.88. The van der Waals surface area contributed by atoms with E-state index in [2.05, 4.69) is 27.8 Å². The van der Waals surface area contributed by atoms with Crippen LogP contribution in [0.15, 0.2) is 28.5 Å². The van der Waals surface area contributed by atoms with Crippen molar-refractivity contribution in [3.8, 4) is 5.75 Å². The maximum absolute atomic E-state index is 13.6. The second kappa shape index (κ2) is 7.73. The highest BCUT2D eigenvalue weighted by Gasteiger charge is 2.60. The van der Waals surface area contributed by atoms with E-state index >= 15 is 0 Å². The monoisotopic (exact) mass is 565 g/mol. The highest BCUT2D eigenvalue weighted by Crippen LogP contribution is 2.52. The van der Waals surface area contributed by atoms with Crippen LogP contribution in [0.3, 0.4) is 0 Å². The number of rotatable bonds is 2. The first kappa shape index (κ1) is 23.6. The topological polar surface area (TPSA) is 160 Å². The quantitative estimate of drug-likeness (QED) is 0.122. The standard InChI is InChI=1S/C23H24IN3O6/c1-22(2,3)13-8-14(24)12-7-9-6-10-4-5-11(21(32)26-27-25)19(30)23(10,33)20(31)15(9)18(29)16(12)17(13)28/h5,8-10,28-29,33H,4,6-7H2,1-3H3,(H2,25,26,32)/t9-,10-,23-/m1/s1. The lowest BCUT2D eigenvalue weighted by Crippen LogP contribution is -2.60. The average Bonchev–Trinajstić information content (AvgIpc) is 2.72. The van der Waals surface area contributed by atoms with Gasteiger partial charge in [-0.3, -0.25) is 14.4 Å². The maximum atomic E-state index is 13.6. The molecule has 1 fully saturated rings. The normalized spacial score (nSPS) is 26.8. The minimum absolute atomic E-state index is 0.0985. The summed E-state index contributed by atoms with van der Waals surface area (Å²) in [5.74, 6) is -4.77. The van der Waals surface area contributed by atoms with Crippen LogP contribution in [0.25, 0.3) is 5.76 Å². The second-order valence-corrected chi connectivity index (χ2v) is 10.9. The van der Waals surface area contributed by atoms with E-state index in [9.17, 15) is 29.7 Å². The van der Waals surface area contributed by atoms with Crippen LogP contribution in [-0.4, -0.2) is 38.4 Å². The number of amides is 1. The number of aliphatic hydroxyl groups is 2. The van der Waals surface area contributed by atoms with Crippen molar-refractivity contribution in [3.05, 3.63) is 43.5 Å². The van der Waals surface area contributed by atoms with Crippen molar-refractivity contribution in [3.63, 3.8) is 0 Å². The number of allylic oxidation sites excluding steroid dienone is 1. The molecule has 9 nitrogen and oxygen atoms in total. The molecule has 0 aromatic heterocycles. The number of fused-ring (bicyclic) bond motifs is 3.